The molecule has 6 heteroatoms. The van der Waals surface area contributed by atoms with E-state index in [0.717, 1.165) is 22.5 Å². The van der Waals surface area contributed by atoms with E-state index in [1.54, 1.807) is 17.7 Å². The first-order valence-electron chi connectivity index (χ1n) is 5.76. The van der Waals surface area contributed by atoms with Crippen molar-refractivity contribution in [1.82, 2.24) is 9.97 Å². The molecule has 0 aliphatic carbocycles. The number of rotatable bonds is 5. The van der Waals surface area contributed by atoms with Gasteiger partial charge in [-0.3, -0.25) is 0 Å². The van der Waals surface area contributed by atoms with Gasteiger partial charge in [0.25, 0.3) is 0 Å². The maximum absolute atomic E-state index is 5.93. The van der Waals surface area contributed by atoms with Crippen molar-refractivity contribution in [3.63, 3.8) is 0 Å². The van der Waals surface area contributed by atoms with E-state index in [4.69, 9.17) is 11.6 Å². The molecule has 0 fully saturated rings. The Morgan fingerprint density at radius 3 is 2.78 bits per heavy atom. The van der Waals surface area contributed by atoms with Crippen molar-refractivity contribution in [2.24, 2.45) is 0 Å². The molecule has 2 heterocycles. The number of aromatic nitrogens is 2. The van der Waals surface area contributed by atoms with Crippen LogP contribution in [0.1, 0.15) is 24.8 Å². The Labute approximate surface area is 115 Å². The highest BCUT2D eigenvalue weighted by atomic mass is 35.5. The molecule has 1 unspecified atom stereocenters. The third kappa shape index (κ3) is 3.34. The van der Waals surface area contributed by atoms with Gasteiger partial charge in [-0.2, -0.15) is 0 Å². The molecule has 18 heavy (non-hydrogen) atoms. The van der Waals surface area contributed by atoms with E-state index in [0.29, 0.717) is 0 Å². The van der Waals surface area contributed by atoms with E-state index in [1.807, 2.05) is 25.1 Å². The number of thiophene rings is 1. The van der Waals surface area contributed by atoms with Crippen LogP contribution in [0.4, 0.5) is 11.6 Å². The molecule has 0 saturated heterocycles. The number of hydrogen-bond acceptors (Lipinski definition) is 5. The first kappa shape index (κ1) is 13.1. The molecule has 0 bridgehead atoms. The molecular formula is C12H15ClN4S. The lowest BCUT2D eigenvalue weighted by Gasteiger charge is -2.13. The molecule has 96 valence electrons. The van der Waals surface area contributed by atoms with E-state index in [9.17, 15) is 0 Å². The fourth-order valence-electron chi connectivity index (χ4n) is 1.57. The molecule has 2 aromatic heterocycles. The van der Waals surface area contributed by atoms with Crippen LogP contribution >= 0.6 is 22.9 Å². The monoisotopic (exact) mass is 282 g/mol. The highest BCUT2D eigenvalue weighted by Crippen LogP contribution is 2.28. The predicted molar refractivity (Wildman–Crippen MR) is 77.6 cm³/mol. The van der Waals surface area contributed by atoms with Gasteiger partial charge in [-0.1, -0.05) is 11.6 Å². The summed E-state index contributed by atoms with van der Waals surface area (Å²) < 4.78 is 0.801. The van der Waals surface area contributed by atoms with Crippen LogP contribution in [0.15, 0.2) is 24.5 Å². The van der Waals surface area contributed by atoms with Crippen molar-refractivity contribution in [3.05, 3.63) is 33.7 Å². The Morgan fingerprint density at radius 1 is 1.33 bits per heavy atom. The fraction of sp³-hybridized carbons (Fsp3) is 0.333. The molecule has 0 spiro atoms. The summed E-state index contributed by atoms with van der Waals surface area (Å²) in [4.78, 5) is 9.52. The summed E-state index contributed by atoms with van der Waals surface area (Å²) in [5.74, 6) is 1.63. The van der Waals surface area contributed by atoms with Gasteiger partial charge in [-0.25, -0.2) is 9.97 Å². The Morgan fingerprint density at radius 2 is 2.11 bits per heavy atom. The number of halogens is 1. The summed E-state index contributed by atoms with van der Waals surface area (Å²) in [6, 6.07) is 6.00. The van der Waals surface area contributed by atoms with Gasteiger partial charge in [0.1, 0.15) is 18.0 Å². The zero-order valence-corrected chi connectivity index (χ0v) is 11.8. The van der Waals surface area contributed by atoms with Crippen LogP contribution in [0, 0.1) is 0 Å². The van der Waals surface area contributed by atoms with Crippen molar-refractivity contribution in [1.29, 1.82) is 0 Å². The van der Waals surface area contributed by atoms with Gasteiger partial charge < -0.3 is 10.6 Å². The third-order valence-corrected chi connectivity index (χ3v) is 3.82. The van der Waals surface area contributed by atoms with Crippen LogP contribution in [-0.2, 0) is 0 Å². The molecule has 0 aliphatic heterocycles. The summed E-state index contributed by atoms with van der Waals surface area (Å²) in [7, 11) is 0. The summed E-state index contributed by atoms with van der Waals surface area (Å²) in [5.41, 5.74) is 0. The maximum atomic E-state index is 5.93. The zero-order valence-electron chi connectivity index (χ0n) is 10.3. The minimum absolute atomic E-state index is 0.173. The van der Waals surface area contributed by atoms with Crippen LogP contribution in [0.25, 0.3) is 0 Å². The van der Waals surface area contributed by atoms with Crippen molar-refractivity contribution < 1.29 is 0 Å². The molecule has 0 aromatic carbocycles. The highest BCUT2D eigenvalue weighted by Gasteiger charge is 2.09. The average Bonchev–Trinajstić information content (AvgIpc) is 2.77. The lowest BCUT2D eigenvalue weighted by Crippen LogP contribution is -2.08. The highest BCUT2D eigenvalue weighted by molar-refractivity contribution is 7.16. The first-order chi connectivity index (χ1) is 8.69. The van der Waals surface area contributed by atoms with E-state index < -0.39 is 0 Å². The summed E-state index contributed by atoms with van der Waals surface area (Å²) >= 11 is 7.50. The lowest BCUT2D eigenvalue weighted by molar-refractivity contribution is 0.893. The molecule has 0 saturated carbocycles. The van der Waals surface area contributed by atoms with Crippen molar-refractivity contribution >= 4 is 34.6 Å². The lowest BCUT2D eigenvalue weighted by atomic mass is 10.3. The first-order valence-corrected chi connectivity index (χ1v) is 6.96. The number of hydrogen-bond donors (Lipinski definition) is 2. The van der Waals surface area contributed by atoms with Gasteiger partial charge in [0.05, 0.1) is 10.4 Å². The van der Waals surface area contributed by atoms with Gasteiger partial charge in [-0.05, 0) is 26.0 Å². The molecule has 0 amide bonds. The second-order valence-corrected chi connectivity index (χ2v) is 5.57. The second kappa shape index (κ2) is 6.02. The summed E-state index contributed by atoms with van der Waals surface area (Å²) in [6.45, 7) is 4.95. The number of nitrogens with one attached hydrogen (secondary N) is 2. The van der Waals surface area contributed by atoms with E-state index in [2.05, 4.69) is 27.5 Å². The van der Waals surface area contributed by atoms with Crippen LogP contribution in [0.2, 0.25) is 4.34 Å². The van der Waals surface area contributed by atoms with E-state index in [-0.39, 0.29) is 6.04 Å². The number of nitrogens with zero attached hydrogens (tertiary/aromatic N) is 2. The average molecular weight is 283 g/mol. The molecule has 1 atom stereocenters. The Kier molecular flexibility index (Phi) is 4.38. The van der Waals surface area contributed by atoms with E-state index in [1.165, 1.54) is 4.88 Å². The second-order valence-electron chi connectivity index (χ2n) is 3.83. The zero-order chi connectivity index (χ0) is 13.0. The van der Waals surface area contributed by atoms with Crippen molar-refractivity contribution in [2.45, 2.75) is 19.9 Å². The molecule has 2 aromatic rings. The molecule has 2 rings (SSSR count). The molecule has 4 nitrogen and oxygen atoms in total. The minimum Gasteiger partial charge on any atom is -0.370 e. The Balaban J connectivity index is 2.06. The summed E-state index contributed by atoms with van der Waals surface area (Å²) in [5, 5.41) is 6.49. The predicted octanol–water partition coefficient (Wildman–Crippen LogP) is 3.80. The minimum atomic E-state index is 0.173. The number of anilines is 2. The van der Waals surface area contributed by atoms with Crippen molar-refractivity contribution in [2.75, 3.05) is 17.2 Å². The van der Waals surface area contributed by atoms with Crippen LogP contribution < -0.4 is 10.6 Å². The van der Waals surface area contributed by atoms with Gasteiger partial charge in [0.15, 0.2) is 0 Å². The third-order valence-electron chi connectivity index (χ3n) is 2.41. The maximum Gasteiger partial charge on any atom is 0.131 e. The SMILES string of the molecule is CCNc1cc(NC(C)c2ccc(Cl)s2)ncn1. The smallest absolute Gasteiger partial charge is 0.131 e. The topological polar surface area (TPSA) is 49.8 Å². The largest absolute Gasteiger partial charge is 0.370 e. The van der Waals surface area contributed by atoms with Crippen LogP contribution in [0.5, 0.6) is 0 Å². The molecule has 0 radical (unpaired) electrons. The van der Waals surface area contributed by atoms with Gasteiger partial charge in [0.2, 0.25) is 0 Å². The summed E-state index contributed by atoms with van der Waals surface area (Å²) in [6.07, 6.45) is 1.55. The normalized spacial score (nSPS) is 12.2. The van der Waals surface area contributed by atoms with Gasteiger partial charge >= 0.3 is 0 Å². The molecule has 0 aliphatic rings. The van der Waals surface area contributed by atoms with Gasteiger partial charge in [0, 0.05) is 17.5 Å². The van der Waals surface area contributed by atoms with Crippen LogP contribution in [-0.4, -0.2) is 16.5 Å². The van der Waals surface area contributed by atoms with E-state index >= 15 is 0 Å². The Hall–Kier alpha value is -1.33. The van der Waals surface area contributed by atoms with Crippen LogP contribution in [0.3, 0.4) is 0 Å². The molecular weight excluding hydrogens is 268 g/mol. The fourth-order valence-corrected chi connectivity index (χ4v) is 2.63. The quantitative estimate of drug-likeness (QED) is 0.876. The van der Waals surface area contributed by atoms with Crippen molar-refractivity contribution in [3.8, 4) is 0 Å². The van der Waals surface area contributed by atoms with Gasteiger partial charge in [-0.15, -0.1) is 11.3 Å². The molecule has 2 N–H and O–H groups in total. The standard InChI is InChI=1S/C12H15ClN4S/c1-3-14-11-6-12(16-7-15-11)17-8(2)9-4-5-10(13)18-9/h4-8H,3H2,1-2H3,(H2,14,15,16,17). The Bertz CT molecular complexity index is 514.